The maximum atomic E-state index is 13.0. The molecule has 1 saturated carbocycles. The van der Waals surface area contributed by atoms with E-state index >= 15 is 0 Å². The van der Waals surface area contributed by atoms with Gasteiger partial charge in [0.1, 0.15) is 5.60 Å². The molecule has 1 aliphatic carbocycles. The summed E-state index contributed by atoms with van der Waals surface area (Å²) in [6.45, 7) is 1.94. The fourth-order valence-corrected chi connectivity index (χ4v) is 4.59. The molecule has 0 aromatic carbocycles. The van der Waals surface area contributed by atoms with Gasteiger partial charge in [0, 0.05) is 25.5 Å². The van der Waals surface area contributed by atoms with Crippen molar-refractivity contribution in [1.29, 1.82) is 0 Å². The zero-order chi connectivity index (χ0) is 18.0. The van der Waals surface area contributed by atoms with Crippen molar-refractivity contribution in [2.75, 3.05) is 13.1 Å². The van der Waals surface area contributed by atoms with Crippen molar-refractivity contribution in [3.8, 4) is 0 Å². The average Bonchev–Trinajstić information content (AvgIpc) is 3.27. The summed E-state index contributed by atoms with van der Waals surface area (Å²) >= 11 is 0. The SMILES string of the molecule is O=C1C[C@H](C(=O)N2CCC(OCc3cccnc3)CC2)C2(CCCC2)O1. The van der Waals surface area contributed by atoms with Gasteiger partial charge in [-0.1, -0.05) is 6.07 Å². The molecule has 2 saturated heterocycles. The van der Waals surface area contributed by atoms with Gasteiger partial charge in [-0.3, -0.25) is 14.6 Å². The number of amides is 1. The Morgan fingerprint density at radius 3 is 2.77 bits per heavy atom. The second-order valence-electron chi connectivity index (χ2n) is 7.70. The molecular weight excluding hydrogens is 332 g/mol. The van der Waals surface area contributed by atoms with Gasteiger partial charge in [0.05, 0.1) is 25.0 Å². The number of carbonyl (C=O) groups excluding carboxylic acids is 2. The summed E-state index contributed by atoms with van der Waals surface area (Å²) in [5, 5.41) is 0. The summed E-state index contributed by atoms with van der Waals surface area (Å²) in [4.78, 5) is 30.9. The van der Waals surface area contributed by atoms with Crippen LogP contribution in [0.1, 0.15) is 50.5 Å². The Morgan fingerprint density at radius 2 is 2.08 bits per heavy atom. The molecule has 4 rings (SSSR count). The molecule has 3 aliphatic rings. The fraction of sp³-hybridized carbons (Fsp3) is 0.650. The number of hydrogen-bond acceptors (Lipinski definition) is 5. The number of hydrogen-bond donors (Lipinski definition) is 0. The number of ether oxygens (including phenoxy) is 2. The topological polar surface area (TPSA) is 68.7 Å². The minimum absolute atomic E-state index is 0.100. The first kappa shape index (κ1) is 17.5. The molecule has 1 spiro atoms. The number of nitrogens with zero attached hydrogens (tertiary/aromatic N) is 2. The predicted molar refractivity (Wildman–Crippen MR) is 94.0 cm³/mol. The molecule has 26 heavy (non-hydrogen) atoms. The van der Waals surface area contributed by atoms with Gasteiger partial charge in [-0.15, -0.1) is 0 Å². The van der Waals surface area contributed by atoms with Crippen LogP contribution in [0, 0.1) is 5.92 Å². The Labute approximate surface area is 153 Å². The van der Waals surface area contributed by atoms with E-state index in [1.807, 2.05) is 23.2 Å². The third-order valence-electron chi connectivity index (χ3n) is 6.03. The molecular formula is C20H26N2O4. The first-order chi connectivity index (χ1) is 12.7. The molecule has 1 aromatic rings. The molecule has 6 nitrogen and oxygen atoms in total. The molecule has 1 atom stereocenters. The Balaban J connectivity index is 1.30. The lowest BCUT2D eigenvalue weighted by atomic mass is 9.84. The van der Waals surface area contributed by atoms with Crippen LogP contribution in [0.15, 0.2) is 24.5 Å². The van der Waals surface area contributed by atoms with E-state index in [0.717, 1.165) is 44.1 Å². The second kappa shape index (κ2) is 7.35. The van der Waals surface area contributed by atoms with E-state index in [-0.39, 0.29) is 30.3 Å². The first-order valence-electron chi connectivity index (χ1n) is 9.67. The first-order valence-corrected chi connectivity index (χ1v) is 9.67. The molecule has 0 N–H and O–H groups in total. The Kier molecular flexibility index (Phi) is 4.94. The molecule has 3 fully saturated rings. The van der Waals surface area contributed by atoms with Crippen LogP contribution < -0.4 is 0 Å². The van der Waals surface area contributed by atoms with Crippen LogP contribution in [0.3, 0.4) is 0 Å². The summed E-state index contributed by atoms with van der Waals surface area (Å²) in [7, 11) is 0. The maximum Gasteiger partial charge on any atom is 0.307 e. The van der Waals surface area contributed by atoms with Gasteiger partial charge in [0.15, 0.2) is 0 Å². The summed E-state index contributed by atoms with van der Waals surface area (Å²) in [5.41, 5.74) is 0.553. The number of esters is 1. The second-order valence-corrected chi connectivity index (χ2v) is 7.70. The standard InChI is InChI=1S/C20H26N2O4/c23-18-12-17(20(26-18)7-1-2-8-20)19(24)22-10-5-16(6-11-22)25-14-15-4-3-9-21-13-15/h3-4,9,13,16-17H,1-2,5-8,10-12,14H2/t17-/m1/s1. The van der Waals surface area contributed by atoms with Crippen LogP contribution in [0.25, 0.3) is 0 Å². The molecule has 1 aromatic heterocycles. The molecule has 2 aliphatic heterocycles. The Hall–Kier alpha value is -1.95. The third kappa shape index (κ3) is 3.47. The summed E-state index contributed by atoms with van der Waals surface area (Å²) in [6.07, 6.45) is 9.40. The zero-order valence-corrected chi connectivity index (χ0v) is 15.1. The zero-order valence-electron chi connectivity index (χ0n) is 15.1. The monoisotopic (exact) mass is 358 g/mol. The molecule has 6 heteroatoms. The van der Waals surface area contributed by atoms with E-state index in [0.29, 0.717) is 19.7 Å². The van der Waals surface area contributed by atoms with Crippen LogP contribution in [0.4, 0.5) is 0 Å². The number of pyridine rings is 1. The van der Waals surface area contributed by atoms with Crippen LogP contribution in [0.2, 0.25) is 0 Å². The minimum Gasteiger partial charge on any atom is -0.458 e. The van der Waals surface area contributed by atoms with Gasteiger partial charge in [-0.25, -0.2) is 0 Å². The van der Waals surface area contributed by atoms with Crippen molar-refractivity contribution in [2.45, 2.75) is 63.3 Å². The normalized spacial score (nSPS) is 25.6. The molecule has 140 valence electrons. The third-order valence-corrected chi connectivity index (χ3v) is 6.03. The van der Waals surface area contributed by atoms with Gasteiger partial charge < -0.3 is 14.4 Å². The minimum atomic E-state index is -0.512. The highest BCUT2D eigenvalue weighted by Crippen LogP contribution is 2.46. The number of carbonyl (C=O) groups is 2. The van der Waals surface area contributed by atoms with E-state index in [1.54, 1.807) is 6.20 Å². The fourth-order valence-electron chi connectivity index (χ4n) is 4.59. The Morgan fingerprint density at radius 1 is 1.31 bits per heavy atom. The lowest BCUT2D eigenvalue weighted by Crippen LogP contribution is -2.48. The average molecular weight is 358 g/mol. The van der Waals surface area contributed by atoms with Crippen molar-refractivity contribution in [3.63, 3.8) is 0 Å². The highest BCUT2D eigenvalue weighted by molar-refractivity contribution is 5.88. The quantitative estimate of drug-likeness (QED) is 0.774. The lowest BCUT2D eigenvalue weighted by molar-refractivity contribution is -0.152. The van der Waals surface area contributed by atoms with Crippen LogP contribution in [-0.2, 0) is 25.7 Å². The van der Waals surface area contributed by atoms with Gasteiger partial charge in [-0.05, 0) is 50.2 Å². The summed E-state index contributed by atoms with van der Waals surface area (Å²) in [6, 6.07) is 3.91. The number of likely N-dealkylation sites (tertiary alicyclic amines) is 1. The molecule has 1 amide bonds. The molecule has 0 radical (unpaired) electrons. The van der Waals surface area contributed by atoms with Crippen molar-refractivity contribution in [3.05, 3.63) is 30.1 Å². The van der Waals surface area contributed by atoms with E-state index in [2.05, 4.69) is 4.98 Å². The van der Waals surface area contributed by atoms with E-state index in [4.69, 9.17) is 9.47 Å². The molecule has 3 heterocycles. The van der Waals surface area contributed by atoms with Gasteiger partial charge in [0.25, 0.3) is 0 Å². The summed E-state index contributed by atoms with van der Waals surface area (Å²) < 4.78 is 11.6. The number of rotatable bonds is 4. The molecule has 0 bridgehead atoms. The van der Waals surface area contributed by atoms with Crippen molar-refractivity contribution in [1.82, 2.24) is 9.88 Å². The number of aromatic nitrogens is 1. The molecule has 0 unspecified atom stereocenters. The van der Waals surface area contributed by atoms with Crippen molar-refractivity contribution in [2.24, 2.45) is 5.92 Å². The lowest BCUT2D eigenvalue weighted by Gasteiger charge is -2.36. The highest BCUT2D eigenvalue weighted by Gasteiger charge is 2.54. The van der Waals surface area contributed by atoms with Crippen molar-refractivity contribution < 1.29 is 19.1 Å². The maximum absolute atomic E-state index is 13.0. The van der Waals surface area contributed by atoms with Crippen LogP contribution in [0.5, 0.6) is 0 Å². The van der Waals surface area contributed by atoms with Gasteiger partial charge >= 0.3 is 5.97 Å². The smallest absolute Gasteiger partial charge is 0.307 e. The van der Waals surface area contributed by atoms with Gasteiger partial charge in [-0.2, -0.15) is 0 Å². The summed E-state index contributed by atoms with van der Waals surface area (Å²) in [5.74, 6) is -0.395. The highest BCUT2D eigenvalue weighted by atomic mass is 16.6. The van der Waals surface area contributed by atoms with E-state index in [9.17, 15) is 9.59 Å². The Bertz CT molecular complexity index is 649. The van der Waals surface area contributed by atoms with Crippen LogP contribution >= 0.6 is 0 Å². The van der Waals surface area contributed by atoms with Crippen LogP contribution in [-0.4, -0.2) is 46.6 Å². The van der Waals surface area contributed by atoms with Gasteiger partial charge in [0.2, 0.25) is 5.91 Å². The van der Waals surface area contributed by atoms with E-state index < -0.39 is 5.60 Å². The van der Waals surface area contributed by atoms with E-state index in [1.165, 1.54) is 0 Å². The predicted octanol–water partition coefficient (Wildman–Crippen LogP) is 2.47. The largest absolute Gasteiger partial charge is 0.458 e. The number of piperidine rings is 1. The van der Waals surface area contributed by atoms with Crippen molar-refractivity contribution >= 4 is 11.9 Å².